The molecule has 0 saturated heterocycles. The third kappa shape index (κ3) is 4.93. The first-order valence-electron chi connectivity index (χ1n) is 10.7. The van der Waals surface area contributed by atoms with E-state index in [2.05, 4.69) is 48.1 Å². The van der Waals surface area contributed by atoms with E-state index in [1.807, 2.05) is 6.07 Å². The van der Waals surface area contributed by atoms with E-state index >= 15 is 0 Å². The third-order valence-corrected chi connectivity index (χ3v) is 6.19. The van der Waals surface area contributed by atoms with Gasteiger partial charge in [-0.05, 0) is 68.6 Å². The number of hydrogen-bond acceptors (Lipinski definition) is 2. The molecule has 1 aromatic carbocycles. The van der Waals surface area contributed by atoms with E-state index in [4.69, 9.17) is 12.2 Å². The van der Waals surface area contributed by atoms with Gasteiger partial charge in [-0.3, -0.25) is 4.79 Å². The molecule has 0 unspecified atom stereocenters. The van der Waals surface area contributed by atoms with Crippen LogP contribution in [0.25, 0.3) is 10.9 Å². The minimum absolute atomic E-state index is 0.00494. The molecule has 0 atom stereocenters. The number of nitrogens with zero attached hydrogens (tertiary/aromatic N) is 1. The molecule has 1 aliphatic carbocycles. The summed E-state index contributed by atoms with van der Waals surface area (Å²) in [5.74, 6) is 0. The second-order valence-electron chi connectivity index (χ2n) is 8.17. The van der Waals surface area contributed by atoms with E-state index in [0.29, 0.717) is 12.6 Å². The smallest absolute Gasteiger partial charge is 0.253 e. The number of nitrogens with one attached hydrogen (secondary N) is 2. The van der Waals surface area contributed by atoms with E-state index in [9.17, 15) is 4.79 Å². The molecule has 1 aliphatic rings. The van der Waals surface area contributed by atoms with Gasteiger partial charge in [-0.15, -0.1) is 0 Å². The van der Waals surface area contributed by atoms with Gasteiger partial charge >= 0.3 is 0 Å². The first-order chi connectivity index (χ1) is 13.5. The Kier molecular flexibility index (Phi) is 7.11. The molecule has 2 aromatic rings. The van der Waals surface area contributed by atoms with Crippen molar-refractivity contribution in [1.29, 1.82) is 0 Å². The van der Waals surface area contributed by atoms with Gasteiger partial charge in [0.05, 0.1) is 6.54 Å². The first-order valence-corrected chi connectivity index (χ1v) is 11.1. The van der Waals surface area contributed by atoms with Crippen molar-refractivity contribution in [3.05, 3.63) is 45.2 Å². The number of thiocarbonyl (C=S) groups is 1. The van der Waals surface area contributed by atoms with Crippen molar-refractivity contribution in [2.45, 2.75) is 78.3 Å². The van der Waals surface area contributed by atoms with Gasteiger partial charge in [0.1, 0.15) is 0 Å². The number of fused-ring (bicyclic) bond motifs is 1. The Bertz CT molecular complexity index is 883. The Balaban J connectivity index is 1.89. The zero-order valence-electron chi connectivity index (χ0n) is 17.4. The molecule has 0 amide bonds. The minimum atomic E-state index is -0.00494. The maximum atomic E-state index is 12.8. The summed E-state index contributed by atoms with van der Waals surface area (Å²) in [5, 5.41) is 5.33. The number of rotatable bonds is 6. The van der Waals surface area contributed by atoms with Crippen LogP contribution < -0.4 is 10.9 Å². The number of benzene rings is 1. The molecule has 152 valence electrons. The number of pyridine rings is 1. The molecule has 0 radical (unpaired) electrons. The Morgan fingerprint density at radius 3 is 2.68 bits per heavy atom. The third-order valence-electron chi connectivity index (χ3n) is 5.81. The van der Waals surface area contributed by atoms with Crippen LogP contribution >= 0.6 is 12.2 Å². The summed E-state index contributed by atoms with van der Waals surface area (Å²) in [4.78, 5) is 18.2. The molecule has 4 nitrogen and oxygen atoms in total. The highest BCUT2D eigenvalue weighted by Crippen LogP contribution is 2.25. The van der Waals surface area contributed by atoms with Crippen molar-refractivity contribution in [3.63, 3.8) is 0 Å². The van der Waals surface area contributed by atoms with Crippen molar-refractivity contribution in [2.75, 3.05) is 6.54 Å². The van der Waals surface area contributed by atoms with Gasteiger partial charge in [0, 0.05) is 29.1 Å². The fourth-order valence-corrected chi connectivity index (χ4v) is 4.57. The lowest BCUT2D eigenvalue weighted by molar-refractivity contribution is 0.234. The standard InChI is InChI=1S/C23H33N3OS/c1-4-5-11-24-23(28)26(19-9-7-6-8-10-19)15-18-14-20-17(3)12-16(2)13-21(20)25-22(18)27/h12-14,19H,4-11,15H2,1-3H3,(H,24,28)(H,25,27). The number of unbranched alkanes of at least 4 members (excludes halogenated alkanes) is 1. The van der Waals surface area contributed by atoms with Crippen molar-refractivity contribution < 1.29 is 0 Å². The molecular formula is C23H33N3OS. The summed E-state index contributed by atoms with van der Waals surface area (Å²) < 4.78 is 0. The van der Waals surface area contributed by atoms with Crippen LogP contribution in [-0.4, -0.2) is 27.6 Å². The van der Waals surface area contributed by atoms with Crippen LogP contribution in [0, 0.1) is 13.8 Å². The second kappa shape index (κ2) is 9.55. The van der Waals surface area contributed by atoms with Crippen LogP contribution in [0.1, 0.15) is 68.6 Å². The topological polar surface area (TPSA) is 48.1 Å². The molecule has 1 heterocycles. The molecular weight excluding hydrogens is 366 g/mol. The SMILES string of the molecule is CCCCNC(=S)N(Cc1cc2c(C)cc(C)cc2[nH]c1=O)C1CCCCC1. The van der Waals surface area contributed by atoms with E-state index in [1.54, 1.807) is 0 Å². The molecule has 2 N–H and O–H groups in total. The lowest BCUT2D eigenvalue weighted by Gasteiger charge is -2.36. The summed E-state index contributed by atoms with van der Waals surface area (Å²) in [6, 6.07) is 6.70. The Morgan fingerprint density at radius 1 is 1.21 bits per heavy atom. The highest BCUT2D eigenvalue weighted by atomic mass is 32.1. The first kappa shape index (κ1) is 20.8. The Labute approximate surface area is 173 Å². The van der Waals surface area contributed by atoms with Crippen molar-refractivity contribution >= 4 is 28.2 Å². The largest absolute Gasteiger partial charge is 0.363 e. The van der Waals surface area contributed by atoms with E-state index in [-0.39, 0.29) is 5.56 Å². The summed E-state index contributed by atoms with van der Waals surface area (Å²) in [5.41, 5.74) is 4.07. The predicted octanol–water partition coefficient (Wildman–Crippen LogP) is 4.95. The van der Waals surface area contributed by atoms with Gasteiger partial charge in [-0.1, -0.05) is 38.7 Å². The lowest BCUT2D eigenvalue weighted by Crippen LogP contribution is -2.47. The van der Waals surface area contributed by atoms with Gasteiger partial charge in [-0.2, -0.15) is 0 Å². The summed E-state index contributed by atoms with van der Waals surface area (Å²) in [6.45, 7) is 7.81. The van der Waals surface area contributed by atoms with Gasteiger partial charge < -0.3 is 15.2 Å². The van der Waals surface area contributed by atoms with E-state index in [0.717, 1.165) is 53.8 Å². The normalized spacial score (nSPS) is 15.0. The summed E-state index contributed by atoms with van der Waals surface area (Å²) >= 11 is 5.75. The molecule has 5 heteroatoms. The van der Waals surface area contributed by atoms with Crippen molar-refractivity contribution in [2.24, 2.45) is 0 Å². The van der Waals surface area contributed by atoms with Crippen LogP contribution in [0.5, 0.6) is 0 Å². The molecule has 0 aliphatic heterocycles. The number of aromatic nitrogens is 1. The fraction of sp³-hybridized carbons (Fsp3) is 0.565. The molecule has 0 bridgehead atoms. The van der Waals surface area contributed by atoms with E-state index in [1.165, 1.54) is 30.4 Å². The van der Waals surface area contributed by atoms with Gasteiger partial charge in [-0.25, -0.2) is 0 Å². The van der Waals surface area contributed by atoms with Crippen LogP contribution in [-0.2, 0) is 6.54 Å². The number of H-pyrrole nitrogens is 1. The van der Waals surface area contributed by atoms with Crippen LogP contribution in [0.2, 0.25) is 0 Å². The second-order valence-corrected chi connectivity index (χ2v) is 8.56. The summed E-state index contributed by atoms with van der Waals surface area (Å²) in [6.07, 6.45) is 8.33. The highest BCUT2D eigenvalue weighted by Gasteiger charge is 2.24. The Morgan fingerprint density at radius 2 is 1.96 bits per heavy atom. The molecule has 3 rings (SSSR count). The quantitative estimate of drug-likeness (QED) is 0.533. The predicted molar refractivity (Wildman–Crippen MR) is 122 cm³/mol. The average Bonchev–Trinajstić information content (AvgIpc) is 2.67. The lowest BCUT2D eigenvalue weighted by atomic mass is 9.94. The number of hydrogen-bond donors (Lipinski definition) is 2. The van der Waals surface area contributed by atoms with Crippen molar-refractivity contribution in [1.82, 2.24) is 15.2 Å². The van der Waals surface area contributed by atoms with Crippen LogP contribution in [0.4, 0.5) is 0 Å². The highest BCUT2D eigenvalue weighted by molar-refractivity contribution is 7.80. The van der Waals surface area contributed by atoms with Crippen LogP contribution in [0.15, 0.2) is 23.0 Å². The maximum Gasteiger partial charge on any atom is 0.253 e. The zero-order valence-corrected chi connectivity index (χ0v) is 18.3. The average molecular weight is 400 g/mol. The van der Waals surface area contributed by atoms with Gasteiger partial charge in [0.2, 0.25) is 0 Å². The Hall–Kier alpha value is -1.88. The van der Waals surface area contributed by atoms with E-state index < -0.39 is 0 Å². The molecule has 1 aromatic heterocycles. The van der Waals surface area contributed by atoms with Crippen molar-refractivity contribution in [3.8, 4) is 0 Å². The van der Waals surface area contributed by atoms with Gasteiger partial charge in [0.25, 0.3) is 5.56 Å². The number of aromatic amines is 1. The zero-order chi connectivity index (χ0) is 20.1. The summed E-state index contributed by atoms with van der Waals surface area (Å²) in [7, 11) is 0. The number of aryl methyl sites for hydroxylation is 2. The minimum Gasteiger partial charge on any atom is -0.363 e. The molecule has 1 saturated carbocycles. The fourth-order valence-electron chi connectivity index (χ4n) is 4.25. The molecule has 28 heavy (non-hydrogen) atoms. The van der Waals surface area contributed by atoms with Crippen LogP contribution in [0.3, 0.4) is 0 Å². The van der Waals surface area contributed by atoms with Gasteiger partial charge in [0.15, 0.2) is 5.11 Å². The maximum absolute atomic E-state index is 12.8. The molecule has 1 fully saturated rings. The molecule has 0 spiro atoms. The monoisotopic (exact) mass is 399 g/mol.